The van der Waals surface area contributed by atoms with Crippen LogP contribution in [-0.4, -0.2) is 23.4 Å². The number of piperidine rings is 1. The number of rotatable bonds is 1. The molecule has 1 aliphatic heterocycles. The van der Waals surface area contributed by atoms with Crippen molar-refractivity contribution in [1.29, 1.82) is 0 Å². The summed E-state index contributed by atoms with van der Waals surface area (Å²) in [6, 6.07) is 3.85. The molecule has 0 radical (unpaired) electrons. The van der Waals surface area contributed by atoms with E-state index in [0.717, 1.165) is 25.3 Å². The topological polar surface area (TPSA) is 20.3 Å². The summed E-state index contributed by atoms with van der Waals surface area (Å²) in [6.07, 6.45) is -1.80. The molecule has 110 valence electrons. The van der Waals surface area contributed by atoms with Crippen molar-refractivity contribution in [2.75, 3.05) is 6.54 Å². The largest absolute Gasteiger partial charge is 0.417 e. The molecule has 0 saturated carbocycles. The molecule has 0 aliphatic carbocycles. The van der Waals surface area contributed by atoms with Gasteiger partial charge in [0.2, 0.25) is 0 Å². The number of nitrogens with zero attached hydrogens (tertiary/aromatic N) is 1. The van der Waals surface area contributed by atoms with Crippen LogP contribution in [0.2, 0.25) is 0 Å². The van der Waals surface area contributed by atoms with Crippen molar-refractivity contribution < 1.29 is 18.0 Å². The first-order valence-electron chi connectivity index (χ1n) is 6.48. The standard InChI is InChI=1S/C14H15F3INO/c1-9-4-2-3-7-19(9)13(20)11-6-5-10(18)8-12(11)14(15,16)17/h5-6,8-9H,2-4,7H2,1H3. The van der Waals surface area contributed by atoms with Crippen molar-refractivity contribution in [2.24, 2.45) is 0 Å². The van der Waals surface area contributed by atoms with Gasteiger partial charge in [0.25, 0.3) is 5.91 Å². The minimum Gasteiger partial charge on any atom is -0.336 e. The number of halogens is 4. The maximum atomic E-state index is 13.1. The molecule has 0 bridgehead atoms. The highest BCUT2D eigenvalue weighted by Crippen LogP contribution is 2.34. The molecule has 0 N–H and O–H groups in total. The van der Waals surface area contributed by atoms with E-state index in [2.05, 4.69) is 0 Å². The average molecular weight is 397 g/mol. The Kier molecular flexibility index (Phi) is 4.61. The molecule has 2 rings (SSSR count). The van der Waals surface area contributed by atoms with Crippen molar-refractivity contribution in [3.05, 3.63) is 32.9 Å². The molecule has 1 fully saturated rings. The Balaban J connectivity index is 2.39. The molecule has 1 saturated heterocycles. The zero-order chi connectivity index (χ0) is 14.9. The van der Waals surface area contributed by atoms with Gasteiger partial charge in [-0.1, -0.05) is 0 Å². The van der Waals surface area contributed by atoms with E-state index in [4.69, 9.17) is 0 Å². The van der Waals surface area contributed by atoms with Crippen LogP contribution in [0.5, 0.6) is 0 Å². The summed E-state index contributed by atoms with van der Waals surface area (Å²) in [4.78, 5) is 14.0. The second-order valence-electron chi connectivity index (χ2n) is 5.03. The van der Waals surface area contributed by atoms with Crippen LogP contribution in [0.4, 0.5) is 13.2 Å². The van der Waals surface area contributed by atoms with Gasteiger partial charge in [-0.15, -0.1) is 0 Å². The molecule has 1 amide bonds. The van der Waals surface area contributed by atoms with Crippen molar-refractivity contribution in [1.82, 2.24) is 4.90 Å². The fourth-order valence-electron chi connectivity index (χ4n) is 2.49. The van der Waals surface area contributed by atoms with Gasteiger partial charge in [-0.25, -0.2) is 0 Å². The monoisotopic (exact) mass is 397 g/mol. The number of hydrogen-bond donors (Lipinski definition) is 0. The van der Waals surface area contributed by atoms with Gasteiger partial charge in [0.05, 0.1) is 11.1 Å². The Bertz CT molecular complexity index is 516. The molecule has 20 heavy (non-hydrogen) atoms. The highest BCUT2D eigenvalue weighted by molar-refractivity contribution is 14.1. The summed E-state index contributed by atoms with van der Waals surface area (Å²) < 4.78 is 39.7. The minimum absolute atomic E-state index is 0.00314. The van der Waals surface area contributed by atoms with Crippen molar-refractivity contribution >= 4 is 28.5 Å². The Morgan fingerprint density at radius 2 is 2.05 bits per heavy atom. The molecular weight excluding hydrogens is 382 g/mol. The number of carbonyl (C=O) groups is 1. The molecule has 1 aromatic carbocycles. The second kappa shape index (κ2) is 5.91. The van der Waals surface area contributed by atoms with Gasteiger partial charge in [-0.3, -0.25) is 4.79 Å². The normalized spacial score (nSPS) is 20.1. The van der Waals surface area contributed by atoms with Crippen LogP contribution in [0, 0.1) is 3.57 Å². The molecule has 0 aromatic heterocycles. The minimum atomic E-state index is -4.51. The lowest BCUT2D eigenvalue weighted by Gasteiger charge is -2.34. The van der Waals surface area contributed by atoms with Crippen molar-refractivity contribution in [3.63, 3.8) is 0 Å². The average Bonchev–Trinajstić information content (AvgIpc) is 2.37. The first kappa shape index (κ1) is 15.6. The van der Waals surface area contributed by atoms with Crippen LogP contribution in [0.25, 0.3) is 0 Å². The number of hydrogen-bond acceptors (Lipinski definition) is 1. The quantitative estimate of drug-likeness (QED) is 0.647. The fourth-order valence-corrected chi connectivity index (χ4v) is 2.98. The lowest BCUT2D eigenvalue weighted by Crippen LogP contribution is -2.42. The van der Waals surface area contributed by atoms with E-state index >= 15 is 0 Å². The van der Waals surface area contributed by atoms with Gasteiger partial charge in [0.1, 0.15) is 0 Å². The molecule has 1 aromatic rings. The maximum absolute atomic E-state index is 13.1. The number of amides is 1. The Labute approximate surface area is 129 Å². The SMILES string of the molecule is CC1CCCCN1C(=O)c1ccc(I)cc1C(F)(F)F. The molecule has 6 heteroatoms. The smallest absolute Gasteiger partial charge is 0.336 e. The van der Waals surface area contributed by atoms with Crippen LogP contribution >= 0.6 is 22.6 Å². The molecular formula is C14H15F3INO. The van der Waals surface area contributed by atoms with E-state index in [0.29, 0.717) is 10.1 Å². The number of carbonyl (C=O) groups excluding carboxylic acids is 1. The summed E-state index contributed by atoms with van der Waals surface area (Å²) in [7, 11) is 0. The summed E-state index contributed by atoms with van der Waals surface area (Å²) in [5, 5.41) is 0. The molecule has 0 spiro atoms. The van der Waals surface area contributed by atoms with Gasteiger partial charge in [-0.2, -0.15) is 13.2 Å². The van der Waals surface area contributed by atoms with Crippen molar-refractivity contribution in [2.45, 2.75) is 38.4 Å². The van der Waals surface area contributed by atoms with Gasteiger partial charge in [-0.05, 0) is 67.0 Å². The Hall–Kier alpha value is -0.790. The maximum Gasteiger partial charge on any atom is 0.417 e. The molecule has 1 atom stereocenters. The first-order chi connectivity index (χ1) is 9.30. The number of benzene rings is 1. The predicted octanol–water partition coefficient (Wildman–Crippen LogP) is 4.32. The zero-order valence-electron chi connectivity index (χ0n) is 11.0. The lowest BCUT2D eigenvalue weighted by molar-refractivity contribution is -0.138. The summed E-state index contributed by atoms with van der Waals surface area (Å²) in [5.74, 6) is -0.513. The third-order valence-electron chi connectivity index (χ3n) is 3.58. The van der Waals surface area contributed by atoms with E-state index < -0.39 is 17.6 Å². The lowest BCUT2D eigenvalue weighted by atomic mass is 10.00. The zero-order valence-corrected chi connectivity index (χ0v) is 13.2. The molecule has 1 unspecified atom stereocenters. The van der Waals surface area contributed by atoms with E-state index in [1.807, 2.05) is 29.5 Å². The number of likely N-dealkylation sites (tertiary alicyclic amines) is 1. The van der Waals surface area contributed by atoms with Gasteiger partial charge in [0.15, 0.2) is 0 Å². The van der Waals surface area contributed by atoms with Crippen molar-refractivity contribution in [3.8, 4) is 0 Å². The molecule has 1 heterocycles. The Morgan fingerprint density at radius 1 is 1.35 bits per heavy atom. The highest BCUT2D eigenvalue weighted by Gasteiger charge is 2.37. The van der Waals surface area contributed by atoms with Crippen LogP contribution < -0.4 is 0 Å². The van der Waals surface area contributed by atoms with E-state index in [-0.39, 0.29) is 11.6 Å². The van der Waals surface area contributed by atoms with Gasteiger partial charge >= 0.3 is 6.18 Å². The number of alkyl halides is 3. The third-order valence-corrected chi connectivity index (χ3v) is 4.25. The van der Waals surface area contributed by atoms with Crippen LogP contribution in [0.1, 0.15) is 42.1 Å². The van der Waals surface area contributed by atoms with Crippen LogP contribution in [0.3, 0.4) is 0 Å². The summed E-state index contributed by atoms with van der Waals surface area (Å²) in [6.45, 7) is 2.42. The van der Waals surface area contributed by atoms with Crippen LogP contribution in [0.15, 0.2) is 18.2 Å². The summed E-state index contributed by atoms with van der Waals surface area (Å²) >= 11 is 1.82. The molecule has 2 nitrogen and oxygen atoms in total. The van der Waals surface area contributed by atoms with Gasteiger partial charge in [0, 0.05) is 16.2 Å². The van der Waals surface area contributed by atoms with Gasteiger partial charge < -0.3 is 4.90 Å². The fraction of sp³-hybridized carbons (Fsp3) is 0.500. The predicted molar refractivity (Wildman–Crippen MR) is 78.5 cm³/mol. The molecule has 1 aliphatic rings. The van der Waals surface area contributed by atoms with E-state index in [1.165, 1.54) is 12.1 Å². The van der Waals surface area contributed by atoms with E-state index in [1.54, 1.807) is 4.90 Å². The highest BCUT2D eigenvalue weighted by atomic mass is 127. The van der Waals surface area contributed by atoms with Crippen LogP contribution in [-0.2, 0) is 6.18 Å². The summed E-state index contributed by atoms with van der Waals surface area (Å²) in [5.41, 5.74) is -1.08. The van der Waals surface area contributed by atoms with E-state index in [9.17, 15) is 18.0 Å². The first-order valence-corrected chi connectivity index (χ1v) is 7.56. The Morgan fingerprint density at radius 3 is 2.65 bits per heavy atom. The second-order valence-corrected chi connectivity index (χ2v) is 6.28. The third kappa shape index (κ3) is 3.27.